The van der Waals surface area contributed by atoms with Crippen molar-refractivity contribution in [1.29, 1.82) is 0 Å². The number of nitrogens with zero attached hydrogens (tertiary/aromatic N) is 5. The molecule has 0 aliphatic carbocycles. The van der Waals surface area contributed by atoms with Crippen LogP contribution in [0.1, 0.15) is 33.2 Å². The second-order valence-corrected chi connectivity index (χ2v) is 9.32. The Bertz CT molecular complexity index is 1770. The van der Waals surface area contributed by atoms with Crippen LogP contribution in [0, 0.1) is 13.8 Å². The lowest BCUT2D eigenvalue weighted by molar-refractivity contribution is 0.0600. The molecule has 1 aromatic carbocycles. The van der Waals surface area contributed by atoms with Gasteiger partial charge in [-0.2, -0.15) is 0 Å². The van der Waals surface area contributed by atoms with Crippen LogP contribution in [0.2, 0.25) is 0 Å². The topological polar surface area (TPSA) is 95.9 Å². The van der Waals surface area contributed by atoms with E-state index in [0.29, 0.717) is 33.6 Å². The van der Waals surface area contributed by atoms with E-state index in [4.69, 9.17) is 14.2 Å². The summed E-state index contributed by atoms with van der Waals surface area (Å²) in [5.74, 6) is -2.08. The Labute approximate surface area is 229 Å². The van der Waals surface area contributed by atoms with Gasteiger partial charge in [0.2, 0.25) is 0 Å². The SMILES string of the molecule is COC(=O)c1ccc(-c2cn(C(F)(c3ccccn3)c3ccccn3)c3cc(-c4c(C)noc4C)cnc23)cc1. The first-order valence-corrected chi connectivity index (χ1v) is 12.6. The minimum atomic E-state index is -2.27. The van der Waals surface area contributed by atoms with Gasteiger partial charge in [0.05, 0.1) is 29.4 Å². The molecule has 0 atom stereocenters. The molecule has 5 aromatic heterocycles. The molecule has 0 N–H and O–H groups in total. The average Bonchev–Trinajstić information content (AvgIpc) is 3.56. The van der Waals surface area contributed by atoms with Crippen molar-refractivity contribution in [2.24, 2.45) is 0 Å². The van der Waals surface area contributed by atoms with E-state index < -0.39 is 11.8 Å². The number of aryl methyl sites for hydroxylation is 2. The number of halogens is 1. The second-order valence-electron chi connectivity index (χ2n) is 9.32. The fourth-order valence-electron chi connectivity index (χ4n) is 5.00. The summed E-state index contributed by atoms with van der Waals surface area (Å²) in [4.78, 5) is 25.6. The summed E-state index contributed by atoms with van der Waals surface area (Å²) in [5, 5.41) is 4.08. The van der Waals surface area contributed by atoms with Crippen LogP contribution in [0.4, 0.5) is 4.39 Å². The van der Waals surface area contributed by atoms with Gasteiger partial charge in [0.15, 0.2) is 0 Å². The Morgan fingerprint density at radius 3 is 2.15 bits per heavy atom. The lowest BCUT2D eigenvalue weighted by Gasteiger charge is -2.27. The zero-order valence-corrected chi connectivity index (χ0v) is 22.0. The van der Waals surface area contributed by atoms with Crippen LogP contribution in [0.15, 0.2) is 96.0 Å². The third-order valence-corrected chi connectivity index (χ3v) is 6.92. The highest BCUT2D eigenvalue weighted by atomic mass is 19.1. The van der Waals surface area contributed by atoms with Crippen LogP contribution in [0.5, 0.6) is 0 Å². The minimum absolute atomic E-state index is 0.168. The van der Waals surface area contributed by atoms with Crippen LogP contribution < -0.4 is 0 Å². The maximum atomic E-state index is 17.8. The van der Waals surface area contributed by atoms with Gasteiger partial charge in [0, 0.05) is 41.5 Å². The van der Waals surface area contributed by atoms with E-state index in [1.807, 2.05) is 19.9 Å². The highest BCUT2D eigenvalue weighted by Crippen LogP contribution is 2.41. The predicted octanol–water partition coefficient (Wildman–Crippen LogP) is 6.27. The quantitative estimate of drug-likeness (QED) is 0.233. The van der Waals surface area contributed by atoms with Gasteiger partial charge in [-0.05, 0) is 61.9 Å². The van der Waals surface area contributed by atoms with Gasteiger partial charge >= 0.3 is 5.97 Å². The standard InChI is InChI=1S/C31H24FN5O3/c1-19-28(20(2)40-36-19)23-16-25-29(35-17-23)24(21-10-12-22(13-11-21)30(38)39-3)18-37(25)31(32,26-8-4-6-14-33-26)27-9-5-7-15-34-27/h4-18H,1-3H3. The second kappa shape index (κ2) is 9.85. The van der Waals surface area contributed by atoms with E-state index in [2.05, 4.69) is 15.1 Å². The number of esters is 1. The number of pyridine rings is 3. The van der Waals surface area contributed by atoms with Crippen molar-refractivity contribution >= 4 is 17.0 Å². The number of methoxy groups -OCH3 is 1. The molecule has 5 heterocycles. The first kappa shape index (κ1) is 25.1. The summed E-state index contributed by atoms with van der Waals surface area (Å²) in [6, 6.07) is 19.0. The molecule has 0 radical (unpaired) electrons. The van der Waals surface area contributed by atoms with E-state index in [0.717, 1.165) is 16.7 Å². The van der Waals surface area contributed by atoms with Gasteiger partial charge in [-0.25, -0.2) is 9.18 Å². The summed E-state index contributed by atoms with van der Waals surface area (Å²) in [6.07, 6.45) is 6.55. The molecule has 6 rings (SSSR count). The molecule has 40 heavy (non-hydrogen) atoms. The molecule has 0 aliphatic heterocycles. The lowest BCUT2D eigenvalue weighted by Crippen LogP contribution is -2.32. The van der Waals surface area contributed by atoms with Gasteiger partial charge < -0.3 is 13.8 Å². The first-order chi connectivity index (χ1) is 19.4. The first-order valence-electron chi connectivity index (χ1n) is 12.6. The van der Waals surface area contributed by atoms with Crippen LogP contribution in [-0.4, -0.2) is 37.8 Å². The largest absolute Gasteiger partial charge is 0.465 e. The molecule has 0 fully saturated rings. The fraction of sp³-hybridized carbons (Fsp3) is 0.129. The number of rotatable bonds is 6. The number of benzene rings is 1. The number of carbonyl (C=O) groups excluding carboxylic acids is 1. The van der Waals surface area contributed by atoms with Gasteiger partial charge in [0.1, 0.15) is 17.1 Å². The normalized spacial score (nSPS) is 11.6. The van der Waals surface area contributed by atoms with Gasteiger partial charge in [-0.1, -0.05) is 29.4 Å². The fourth-order valence-corrected chi connectivity index (χ4v) is 5.00. The number of fused-ring (bicyclic) bond motifs is 1. The Hall–Kier alpha value is -5.18. The highest BCUT2D eigenvalue weighted by molar-refractivity contribution is 5.96. The molecule has 8 nitrogen and oxygen atoms in total. The Kier molecular flexibility index (Phi) is 6.18. The Morgan fingerprint density at radius 1 is 0.925 bits per heavy atom. The molecule has 6 aromatic rings. The molecule has 0 amide bonds. The molecule has 0 spiro atoms. The molecule has 0 saturated heterocycles. The molecule has 0 aliphatic rings. The van der Waals surface area contributed by atoms with Crippen LogP contribution in [-0.2, 0) is 10.5 Å². The third kappa shape index (κ3) is 4.03. The van der Waals surface area contributed by atoms with Crippen molar-refractivity contribution in [1.82, 2.24) is 24.7 Å². The van der Waals surface area contributed by atoms with E-state index >= 15 is 4.39 Å². The van der Waals surface area contributed by atoms with E-state index in [1.165, 1.54) is 11.7 Å². The van der Waals surface area contributed by atoms with E-state index in [1.54, 1.807) is 85.5 Å². The average molecular weight is 534 g/mol. The molecule has 0 bridgehead atoms. The van der Waals surface area contributed by atoms with Crippen molar-refractivity contribution in [3.8, 4) is 22.3 Å². The summed E-state index contributed by atoms with van der Waals surface area (Å²) in [5.41, 5.74) is 5.48. The Balaban J connectivity index is 1.66. The van der Waals surface area contributed by atoms with Crippen LogP contribution in [0.25, 0.3) is 33.3 Å². The number of alkyl halides is 1. The number of hydrogen-bond acceptors (Lipinski definition) is 7. The van der Waals surface area contributed by atoms with Crippen molar-refractivity contribution in [2.45, 2.75) is 19.6 Å². The summed E-state index contributed by atoms with van der Waals surface area (Å²) in [6.45, 7) is 3.68. The smallest absolute Gasteiger partial charge is 0.337 e. The molecule has 9 heteroatoms. The maximum absolute atomic E-state index is 17.8. The maximum Gasteiger partial charge on any atom is 0.337 e. The van der Waals surface area contributed by atoms with Gasteiger partial charge in [-0.15, -0.1) is 0 Å². The van der Waals surface area contributed by atoms with Crippen molar-refractivity contribution in [3.05, 3.63) is 120 Å². The zero-order valence-electron chi connectivity index (χ0n) is 22.0. The summed E-state index contributed by atoms with van der Waals surface area (Å²) in [7, 11) is 1.33. The number of hydrogen-bond donors (Lipinski definition) is 0. The molecular formula is C31H24FN5O3. The van der Waals surface area contributed by atoms with Crippen molar-refractivity contribution in [3.63, 3.8) is 0 Å². The number of aromatic nitrogens is 5. The van der Waals surface area contributed by atoms with Crippen molar-refractivity contribution < 1.29 is 18.4 Å². The summed E-state index contributed by atoms with van der Waals surface area (Å²) >= 11 is 0. The summed E-state index contributed by atoms with van der Waals surface area (Å²) < 4.78 is 29.6. The van der Waals surface area contributed by atoms with Crippen LogP contribution >= 0.6 is 0 Å². The van der Waals surface area contributed by atoms with Crippen LogP contribution in [0.3, 0.4) is 0 Å². The molecule has 0 saturated carbocycles. The van der Waals surface area contributed by atoms with E-state index in [-0.39, 0.29) is 11.4 Å². The minimum Gasteiger partial charge on any atom is -0.465 e. The monoisotopic (exact) mass is 533 g/mol. The number of carbonyl (C=O) groups is 1. The van der Waals surface area contributed by atoms with Gasteiger partial charge in [-0.3, -0.25) is 15.0 Å². The van der Waals surface area contributed by atoms with Gasteiger partial charge in [0.25, 0.3) is 5.79 Å². The van der Waals surface area contributed by atoms with E-state index in [9.17, 15) is 4.79 Å². The Morgan fingerprint density at radius 2 is 1.60 bits per heavy atom. The zero-order chi connectivity index (χ0) is 27.9. The third-order valence-electron chi connectivity index (χ3n) is 6.92. The molecule has 0 unspecified atom stereocenters. The molecular weight excluding hydrogens is 509 g/mol. The predicted molar refractivity (Wildman–Crippen MR) is 147 cm³/mol. The lowest BCUT2D eigenvalue weighted by atomic mass is 10.0. The number of ether oxygens (including phenoxy) is 1. The molecule has 198 valence electrons. The van der Waals surface area contributed by atoms with Crippen molar-refractivity contribution in [2.75, 3.05) is 7.11 Å². The highest BCUT2D eigenvalue weighted by Gasteiger charge is 2.41.